The molecule has 1 aromatic carbocycles. The standard InChI is InChI=1S/C22H27FN2O4S.C3H4/c1-4-5-6-16(2)14-22(11-12-22)30-24-21(28)19(26)13-20(27)25(29-3)15-17-7-9-18(23)10-8-17;1-3-2/h4-10,13,26H,11-12,14-15H2,1-3H3,(H,24,28);1H,2H3/b5-4-,16-6+,19-13-;. The van der Waals surface area contributed by atoms with E-state index in [9.17, 15) is 19.1 Å². The lowest BCUT2D eigenvalue weighted by Gasteiger charge is -2.18. The first-order valence-electron chi connectivity index (χ1n) is 10.3. The van der Waals surface area contributed by atoms with E-state index in [4.69, 9.17) is 4.84 Å². The molecule has 0 unspecified atom stereocenters. The predicted octanol–water partition coefficient (Wildman–Crippen LogP) is 5.01. The Morgan fingerprint density at radius 1 is 1.36 bits per heavy atom. The SMILES string of the molecule is C#CC.C/C=C\C=C(/C)CC1(SNC(=O)/C(O)=C/C(=O)N(Cc2ccc(F)cc2)OC)CC1. The summed E-state index contributed by atoms with van der Waals surface area (Å²) >= 11 is 1.28. The number of hydrogen-bond donors (Lipinski definition) is 2. The molecule has 178 valence electrons. The molecule has 0 atom stereocenters. The molecule has 1 saturated carbocycles. The van der Waals surface area contributed by atoms with Crippen molar-refractivity contribution in [3.05, 3.63) is 71.3 Å². The summed E-state index contributed by atoms with van der Waals surface area (Å²) < 4.78 is 15.6. The molecule has 1 fully saturated rings. The fourth-order valence-corrected chi connectivity index (χ4v) is 3.75. The van der Waals surface area contributed by atoms with Crippen molar-refractivity contribution in [2.75, 3.05) is 7.11 Å². The Balaban J connectivity index is 0.00000172. The van der Waals surface area contributed by atoms with Crippen LogP contribution in [0, 0.1) is 18.2 Å². The molecule has 1 aliphatic rings. The highest BCUT2D eigenvalue weighted by Gasteiger charge is 2.44. The second-order valence-corrected chi connectivity index (χ2v) is 8.71. The third kappa shape index (κ3) is 10.4. The Morgan fingerprint density at radius 3 is 2.48 bits per heavy atom. The Hall–Kier alpha value is -3.02. The highest BCUT2D eigenvalue weighted by molar-refractivity contribution is 7.99. The minimum atomic E-state index is -0.743. The molecule has 8 heteroatoms. The molecule has 0 heterocycles. The summed E-state index contributed by atoms with van der Waals surface area (Å²) in [5.41, 5.74) is 1.84. The third-order valence-corrected chi connectivity index (χ3v) is 5.81. The van der Waals surface area contributed by atoms with Gasteiger partial charge in [-0.1, -0.05) is 35.9 Å². The monoisotopic (exact) mass is 474 g/mol. The lowest BCUT2D eigenvalue weighted by molar-refractivity contribution is -0.173. The fraction of sp³-hybridized carbons (Fsp3) is 0.360. The van der Waals surface area contributed by atoms with Crippen molar-refractivity contribution >= 4 is 23.8 Å². The van der Waals surface area contributed by atoms with Gasteiger partial charge >= 0.3 is 0 Å². The summed E-state index contributed by atoms with van der Waals surface area (Å²) in [6.07, 6.45) is 14.1. The third-order valence-electron chi connectivity index (χ3n) is 4.54. The molecule has 2 rings (SSSR count). The second-order valence-electron chi connectivity index (χ2n) is 7.43. The van der Waals surface area contributed by atoms with Gasteiger partial charge in [0.05, 0.1) is 19.7 Å². The molecule has 0 saturated heterocycles. The molecule has 0 radical (unpaired) electrons. The van der Waals surface area contributed by atoms with Crippen molar-refractivity contribution in [1.29, 1.82) is 0 Å². The Bertz CT molecular complexity index is 929. The number of amides is 2. The topological polar surface area (TPSA) is 78.9 Å². The van der Waals surface area contributed by atoms with E-state index in [1.54, 1.807) is 6.92 Å². The molecule has 0 aromatic heterocycles. The molecule has 0 bridgehead atoms. The summed E-state index contributed by atoms with van der Waals surface area (Å²) in [5.74, 6) is -0.286. The van der Waals surface area contributed by atoms with Gasteiger partial charge in [0.2, 0.25) is 0 Å². The van der Waals surface area contributed by atoms with E-state index in [2.05, 4.69) is 17.1 Å². The average molecular weight is 475 g/mol. The second kappa shape index (κ2) is 14.2. The zero-order valence-electron chi connectivity index (χ0n) is 19.4. The number of rotatable bonds is 10. The predicted molar refractivity (Wildman–Crippen MR) is 130 cm³/mol. The van der Waals surface area contributed by atoms with Crippen LogP contribution >= 0.6 is 11.9 Å². The minimum absolute atomic E-state index is 0.0384. The molecular formula is C25H31FN2O4S. The van der Waals surface area contributed by atoms with Gasteiger partial charge in [0, 0.05) is 4.75 Å². The van der Waals surface area contributed by atoms with E-state index in [1.807, 2.05) is 32.1 Å². The molecule has 0 aliphatic heterocycles. The maximum atomic E-state index is 13.0. The van der Waals surface area contributed by atoms with E-state index >= 15 is 0 Å². The number of benzene rings is 1. The lowest BCUT2D eigenvalue weighted by Crippen LogP contribution is -2.29. The number of nitrogens with zero attached hydrogens (tertiary/aromatic N) is 1. The van der Waals surface area contributed by atoms with Crippen LogP contribution < -0.4 is 4.72 Å². The maximum absolute atomic E-state index is 13.0. The first-order chi connectivity index (χ1) is 15.7. The number of terminal acetylenes is 1. The first-order valence-corrected chi connectivity index (χ1v) is 11.2. The molecule has 1 aromatic rings. The van der Waals surface area contributed by atoms with Crippen molar-refractivity contribution in [2.45, 2.75) is 51.3 Å². The van der Waals surface area contributed by atoms with E-state index in [0.29, 0.717) is 5.56 Å². The summed E-state index contributed by atoms with van der Waals surface area (Å²) in [6.45, 7) is 5.68. The van der Waals surface area contributed by atoms with Gasteiger partial charge in [-0.15, -0.1) is 12.3 Å². The van der Waals surface area contributed by atoms with E-state index < -0.39 is 17.6 Å². The molecule has 6 nitrogen and oxygen atoms in total. The van der Waals surface area contributed by atoms with Gasteiger partial charge in [-0.25, -0.2) is 9.45 Å². The number of carbonyl (C=O) groups excluding carboxylic acids is 2. The minimum Gasteiger partial charge on any atom is -0.503 e. The van der Waals surface area contributed by atoms with Crippen LogP contribution in [0.3, 0.4) is 0 Å². The van der Waals surface area contributed by atoms with Crippen LogP contribution in [0.4, 0.5) is 4.39 Å². The van der Waals surface area contributed by atoms with Gasteiger partial charge in [-0.2, -0.15) is 0 Å². The summed E-state index contributed by atoms with van der Waals surface area (Å²) in [7, 11) is 1.29. The summed E-state index contributed by atoms with van der Waals surface area (Å²) in [4.78, 5) is 29.5. The number of allylic oxidation sites excluding steroid dienone is 4. The van der Waals surface area contributed by atoms with Crippen molar-refractivity contribution in [3.8, 4) is 12.3 Å². The van der Waals surface area contributed by atoms with Crippen LogP contribution in [0.2, 0.25) is 0 Å². The summed E-state index contributed by atoms with van der Waals surface area (Å²) in [6, 6.07) is 5.58. The zero-order valence-corrected chi connectivity index (χ0v) is 20.2. The number of hydrogen-bond acceptors (Lipinski definition) is 5. The maximum Gasteiger partial charge on any atom is 0.296 e. The van der Waals surface area contributed by atoms with Crippen molar-refractivity contribution in [1.82, 2.24) is 9.79 Å². The van der Waals surface area contributed by atoms with E-state index in [1.165, 1.54) is 48.9 Å². The highest BCUT2D eigenvalue weighted by Crippen LogP contribution is 2.51. The van der Waals surface area contributed by atoms with Crippen molar-refractivity contribution in [2.24, 2.45) is 0 Å². The van der Waals surface area contributed by atoms with Gasteiger partial charge in [0.25, 0.3) is 11.8 Å². The lowest BCUT2D eigenvalue weighted by atomic mass is 10.1. The van der Waals surface area contributed by atoms with Crippen LogP contribution in [0.25, 0.3) is 0 Å². The van der Waals surface area contributed by atoms with Crippen LogP contribution in [0.5, 0.6) is 0 Å². The normalized spacial score (nSPS) is 14.7. The van der Waals surface area contributed by atoms with Crippen LogP contribution in [-0.4, -0.2) is 33.8 Å². The Labute approximate surface area is 199 Å². The number of hydroxylamine groups is 2. The number of carbonyl (C=O) groups is 2. The molecule has 0 spiro atoms. The molecular weight excluding hydrogens is 443 g/mol. The number of aliphatic hydroxyl groups is 1. The van der Waals surface area contributed by atoms with Gasteiger partial charge in [0.1, 0.15) is 5.82 Å². The van der Waals surface area contributed by atoms with E-state index in [-0.39, 0.29) is 17.1 Å². The molecule has 1 aliphatic carbocycles. The van der Waals surface area contributed by atoms with Crippen LogP contribution in [0.15, 0.2) is 59.9 Å². The largest absolute Gasteiger partial charge is 0.503 e. The van der Waals surface area contributed by atoms with Gasteiger partial charge in [0.15, 0.2) is 5.76 Å². The zero-order chi connectivity index (χ0) is 24.9. The summed E-state index contributed by atoms with van der Waals surface area (Å²) in [5, 5.41) is 11.0. The quantitative estimate of drug-likeness (QED) is 0.125. The smallest absolute Gasteiger partial charge is 0.296 e. The first kappa shape index (κ1) is 28.0. The number of halogens is 1. The van der Waals surface area contributed by atoms with Gasteiger partial charge in [-0.05, 0) is 69.7 Å². The van der Waals surface area contributed by atoms with Gasteiger partial charge in [-0.3, -0.25) is 19.1 Å². The molecule has 2 amide bonds. The number of aliphatic hydroxyl groups excluding tert-OH is 1. The molecule has 2 N–H and O–H groups in total. The van der Waals surface area contributed by atoms with Gasteiger partial charge < -0.3 is 5.11 Å². The molecule has 33 heavy (non-hydrogen) atoms. The number of nitrogens with one attached hydrogen (secondary N) is 1. The Morgan fingerprint density at radius 2 is 1.97 bits per heavy atom. The van der Waals surface area contributed by atoms with Crippen molar-refractivity contribution < 1.29 is 23.9 Å². The Kier molecular flexibility index (Phi) is 12.0. The van der Waals surface area contributed by atoms with Crippen molar-refractivity contribution in [3.63, 3.8) is 0 Å². The van der Waals surface area contributed by atoms with Crippen LogP contribution in [-0.2, 0) is 21.0 Å². The highest BCUT2D eigenvalue weighted by atomic mass is 32.2. The average Bonchev–Trinajstić information content (AvgIpc) is 3.55. The van der Waals surface area contributed by atoms with E-state index in [0.717, 1.165) is 30.4 Å². The fourth-order valence-electron chi connectivity index (χ4n) is 2.73. The van der Waals surface area contributed by atoms with Crippen LogP contribution in [0.1, 0.15) is 45.6 Å².